The molecule has 0 aliphatic carbocycles. The van der Waals surface area contributed by atoms with E-state index in [1.165, 1.54) is 0 Å². The number of unbranched alkanes of at least 4 members (excludes halogenated alkanes) is 1. The maximum absolute atomic E-state index is 12.2. The molecule has 0 saturated carbocycles. The second kappa shape index (κ2) is 12.2. The molecule has 0 heterocycles. The first kappa shape index (κ1) is 26.2. The SMILES string of the molecule is CCC/C=C(/CCNC(=O)C(N)=CC(=O)NC(=O)OC(C)(C)C)c1cc(Cl)ccc1C. The predicted octanol–water partition coefficient (Wildman–Crippen LogP) is 4.23. The molecule has 0 aromatic heterocycles. The molecule has 1 aromatic carbocycles. The standard InChI is InChI=1S/C23H32ClN3O4/c1-6-7-8-16(18-13-17(24)10-9-15(18)2)11-12-26-21(29)19(25)14-20(28)27-22(30)31-23(3,4)5/h8-10,13-14H,6-7,11-12,25H2,1-5H3,(H,26,29)(H,27,28,30)/b16-8-,19-14?. The Kier molecular flexibility index (Phi) is 10.3. The van der Waals surface area contributed by atoms with Crippen LogP contribution in [0.5, 0.6) is 0 Å². The first-order chi connectivity index (χ1) is 14.4. The zero-order valence-electron chi connectivity index (χ0n) is 18.8. The van der Waals surface area contributed by atoms with Crippen molar-refractivity contribution in [3.63, 3.8) is 0 Å². The fourth-order valence-electron chi connectivity index (χ4n) is 2.67. The summed E-state index contributed by atoms with van der Waals surface area (Å²) in [5.74, 6) is -1.43. The third kappa shape index (κ3) is 10.2. The minimum absolute atomic E-state index is 0.306. The summed E-state index contributed by atoms with van der Waals surface area (Å²) in [5, 5.41) is 5.33. The molecule has 7 nitrogen and oxygen atoms in total. The highest BCUT2D eigenvalue weighted by Gasteiger charge is 2.18. The fraction of sp³-hybridized carbons (Fsp3) is 0.435. The van der Waals surface area contributed by atoms with Gasteiger partial charge < -0.3 is 15.8 Å². The van der Waals surface area contributed by atoms with Crippen LogP contribution in [0.3, 0.4) is 0 Å². The second-order valence-corrected chi connectivity index (χ2v) is 8.51. The Bertz CT molecular complexity index is 870. The summed E-state index contributed by atoms with van der Waals surface area (Å²) in [4.78, 5) is 35.6. The Morgan fingerprint density at radius 3 is 2.52 bits per heavy atom. The van der Waals surface area contributed by atoms with Crippen LogP contribution in [0, 0.1) is 6.92 Å². The van der Waals surface area contributed by atoms with Crippen LogP contribution in [-0.4, -0.2) is 30.1 Å². The van der Waals surface area contributed by atoms with E-state index in [1.807, 2.05) is 30.4 Å². The van der Waals surface area contributed by atoms with Gasteiger partial charge in [-0.2, -0.15) is 0 Å². The van der Waals surface area contributed by atoms with E-state index in [0.29, 0.717) is 18.0 Å². The lowest BCUT2D eigenvalue weighted by Gasteiger charge is -2.18. The van der Waals surface area contributed by atoms with Crippen molar-refractivity contribution in [1.29, 1.82) is 0 Å². The zero-order chi connectivity index (χ0) is 23.6. The van der Waals surface area contributed by atoms with Crippen molar-refractivity contribution >= 4 is 35.1 Å². The smallest absolute Gasteiger partial charge is 0.414 e. The van der Waals surface area contributed by atoms with E-state index in [9.17, 15) is 14.4 Å². The van der Waals surface area contributed by atoms with Gasteiger partial charge in [0.15, 0.2) is 0 Å². The Balaban J connectivity index is 2.70. The minimum atomic E-state index is -0.912. The number of allylic oxidation sites excluding steroid dienone is 1. The molecule has 0 fully saturated rings. The van der Waals surface area contributed by atoms with Crippen LogP contribution < -0.4 is 16.4 Å². The number of alkyl carbamates (subject to hydrolysis) is 1. The van der Waals surface area contributed by atoms with Crippen molar-refractivity contribution in [2.75, 3.05) is 6.54 Å². The molecule has 0 aliphatic rings. The van der Waals surface area contributed by atoms with Gasteiger partial charge in [-0.25, -0.2) is 4.79 Å². The number of nitrogens with one attached hydrogen (secondary N) is 2. The molecule has 0 unspecified atom stereocenters. The van der Waals surface area contributed by atoms with Crippen LogP contribution in [0.25, 0.3) is 5.57 Å². The molecular weight excluding hydrogens is 418 g/mol. The molecule has 0 radical (unpaired) electrons. The van der Waals surface area contributed by atoms with Gasteiger partial charge in [-0.15, -0.1) is 0 Å². The van der Waals surface area contributed by atoms with Gasteiger partial charge in [-0.05, 0) is 69.4 Å². The molecule has 8 heteroatoms. The molecule has 1 rings (SSSR count). The molecule has 0 bridgehead atoms. The molecule has 170 valence electrons. The fourth-order valence-corrected chi connectivity index (χ4v) is 2.84. The van der Waals surface area contributed by atoms with Crippen LogP contribution in [-0.2, 0) is 14.3 Å². The number of hydrogen-bond donors (Lipinski definition) is 3. The van der Waals surface area contributed by atoms with E-state index < -0.39 is 23.5 Å². The van der Waals surface area contributed by atoms with E-state index in [2.05, 4.69) is 18.3 Å². The first-order valence-electron chi connectivity index (χ1n) is 10.2. The summed E-state index contributed by atoms with van der Waals surface area (Å²) < 4.78 is 4.98. The maximum Gasteiger partial charge on any atom is 0.414 e. The molecule has 4 N–H and O–H groups in total. The van der Waals surface area contributed by atoms with Crippen LogP contribution in [0.4, 0.5) is 4.79 Å². The van der Waals surface area contributed by atoms with Crippen LogP contribution >= 0.6 is 11.6 Å². The van der Waals surface area contributed by atoms with Gasteiger partial charge in [0, 0.05) is 17.6 Å². The summed E-state index contributed by atoms with van der Waals surface area (Å²) in [6.07, 6.45) is 4.56. The lowest BCUT2D eigenvalue weighted by molar-refractivity contribution is -0.119. The van der Waals surface area contributed by atoms with Gasteiger partial charge in [0.25, 0.3) is 11.8 Å². The number of aryl methyl sites for hydroxylation is 1. The number of imide groups is 1. The van der Waals surface area contributed by atoms with Crippen molar-refractivity contribution in [1.82, 2.24) is 10.6 Å². The van der Waals surface area contributed by atoms with Crippen molar-refractivity contribution in [2.24, 2.45) is 5.73 Å². The molecule has 3 amide bonds. The average Bonchev–Trinajstić information content (AvgIpc) is 2.64. The topological polar surface area (TPSA) is 111 Å². The van der Waals surface area contributed by atoms with Gasteiger partial charge in [0.05, 0.1) is 0 Å². The number of carbonyl (C=O) groups is 3. The van der Waals surface area contributed by atoms with Crippen molar-refractivity contribution in [3.05, 3.63) is 52.2 Å². The number of nitrogens with two attached hydrogens (primary N) is 1. The van der Waals surface area contributed by atoms with Crippen LogP contribution in [0.15, 0.2) is 36.0 Å². The van der Waals surface area contributed by atoms with Gasteiger partial charge in [0.1, 0.15) is 11.3 Å². The van der Waals surface area contributed by atoms with E-state index in [4.69, 9.17) is 22.1 Å². The van der Waals surface area contributed by atoms with Crippen molar-refractivity contribution < 1.29 is 19.1 Å². The second-order valence-electron chi connectivity index (χ2n) is 8.07. The van der Waals surface area contributed by atoms with Gasteiger partial charge in [-0.1, -0.05) is 37.1 Å². The van der Waals surface area contributed by atoms with Crippen LogP contribution in [0.1, 0.15) is 58.1 Å². The summed E-state index contributed by atoms with van der Waals surface area (Å²) >= 11 is 6.15. The Hall–Kier alpha value is -2.80. The highest BCUT2D eigenvalue weighted by molar-refractivity contribution is 6.30. The quantitative estimate of drug-likeness (QED) is 0.514. The largest absolute Gasteiger partial charge is 0.444 e. The number of amides is 3. The number of hydrogen-bond acceptors (Lipinski definition) is 5. The molecule has 1 aromatic rings. The Labute approximate surface area is 189 Å². The third-order valence-corrected chi connectivity index (χ3v) is 4.31. The number of halogens is 1. The average molecular weight is 450 g/mol. The summed E-state index contributed by atoms with van der Waals surface area (Å²) in [5.41, 5.74) is 7.83. The number of ether oxygens (including phenoxy) is 1. The van der Waals surface area contributed by atoms with Gasteiger partial charge in [0.2, 0.25) is 0 Å². The molecule has 31 heavy (non-hydrogen) atoms. The third-order valence-electron chi connectivity index (χ3n) is 4.08. The number of rotatable bonds is 8. The minimum Gasteiger partial charge on any atom is -0.444 e. The maximum atomic E-state index is 12.2. The number of carbonyl (C=O) groups excluding carboxylic acids is 3. The zero-order valence-corrected chi connectivity index (χ0v) is 19.6. The highest BCUT2D eigenvalue weighted by Crippen LogP contribution is 2.26. The van der Waals surface area contributed by atoms with E-state index in [1.54, 1.807) is 20.8 Å². The van der Waals surface area contributed by atoms with Gasteiger partial charge in [-0.3, -0.25) is 14.9 Å². The molecule has 0 saturated heterocycles. The van der Waals surface area contributed by atoms with E-state index >= 15 is 0 Å². The monoisotopic (exact) mass is 449 g/mol. The summed E-state index contributed by atoms with van der Waals surface area (Å²) in [6.45, 7) is 9.43. The van der Waals surface area contributed by atoms with Crippen molar-refractivity contribution in [3.8, 4) is 0 Å². The van der Waals surface area contributed by atoms with Crippen LogP contribution in [0.2, 0.25) is 5.02 Å². The lowest BCUT2D eigenvalue weighted by Crippen LogP contribution is -2.37. The van der Waals surface area contributed by atoms with Gasteiger partial charge >= 0.3 is 6.09 Å². The summed E-state index contributed by atoms with van der Waals surface area (Å²) in [7, 11) is 0. The molecule has 0 atom stereocenters. The first-order valence-corrected chi connectivity index (χ1v) is 10.6. The number of benzene rings is 1. The van der Waals surface area contributed by atoms with E-state index in [0.717, 1.165) is 35.6 Å². The predicted molar refractivity (Wildman–Crippen MR) is 123 cm³/mol. The molecular formula is C23H32ClN3O4. The van der Waals surface area contributed by atoms with Crippen molar-refractivity contribution in [2.45, 2.75) is 59.5 Å². The summed E-state index contributed by atoms with van der Waals surface area (Å²) in [6, 6.07) is 5.71. The van der Waals surface area contributed by atoms with E-state index in [-0.39, 0.29) is 5.70 Å². The lowest BCUT2D eigenvalue weighted by atomic mass is 9.96. The molecule has 0 aliphatic heterocycles. The normalized spacial score (nSPS) is 12.3. The Morgan fingerprint density at radius 1 is 1.23 bits per heavy atom. The highest BCUT2D eigenvalue weighted by atomic mass is 35.5. The Morgan fingerprint density at radius 2 is 1.90 bits per heavy atom. The molecule has 0 spiro atoms.